The van der Waals surface area contributed by atoms with Crippen LogP contribution in [0.1, 0.15) is 0 Å². The third kappa shape index (κ3) is 5.21. The van der Waals surface area contributed by atoms with Gasteiger partial charge < -0.3 is 8.83 Å². The third-order valence-electron chi connectivity index (χ3n) is 11.3. The maximum atomic E-state index is 6.36. The molecule has 5 nitrogen and oxygen atoms in total. The van der Waals surface area contributed by atoms with Crippen LogP contribution in [0.15, 0.2) is 197 Å². The fourth-order valence-electron chi connectivity index (χ4n) is 8.49. The summed E-state index contributed by atoms with van der Waals surface area (Å²) in [5.74, 6) is 0.643. The number of rotatable bonds is 5. The number of furan rings is 2. The Morgan fingerprint density at radius 1 is 0.293 bits per heavy atom. The van der Waals surface area contributed by atoms with Crippen molar-refractivity contribution in [3.8, 4) is 56.3 Å². The fourth-order valence-corrected chi connectivity index (χ4v) is 8.49. The normalized spacial score (nSPS) is 11.8. The molecule has 0 spiro atoms. The van der Waals surface area contributed by atoms with Gasteiger partial charge in [0.15, 0.2) is 5.82 Å². The van der Waals surface area contributed by atoms with Crippen molar-refractivity contribution in [2.45, 2.75) is 0 Å². The van der Waals surface area contributed by atoms with Crippen LogP contribution in [0.5, 0.6) is 0 Å². The lowest BCUT2D eigenvalue weighted by Crippen LogP contribution is -1.96. The molecule has 0 saturated heterocycles. The van der Waals surface area contributed by atoms with Crippen LogP contribution in [0.25, 0.3) is 122 Å². The van der Waals surface area contributed by atoms with Gasteiger partial charge in [-0.2, -0.15) is 0 Å². The molecule has 12 rings (SSSR count). The van der Waals surface area contributed by atoms with Crippen LogP contribution in [0.3, 0.4) is 0 Å². The molecule has 4 aromatic heterocycles. The average molecular weight is 742 g/mol. The van der Waals surface area contributed by atoms with E-state index in [1.807, 2.05) is 60.7 Å². The number of aromatic nitrogens is 3. The molecule has 0 aliphatic carbocycles. The SMILES string of the molecule is c1ccc(-c2cc(-c3ccc(-c4ccc5c(c4)nc(-c4ccccc4)c4ccc6oc7ccccc7c6c45)cc3)nc(-c3ccc4c(c3)oc3ccccc34)n2)cc1. The molecule has 0 bridgehead atoms. The zero-order valence-corrected chi connectivity index (χ0v) is 31.1. The Morgan fingerprint density at radius 2 is 0.845 bits per heavy atom. The van der Waals surface area contributed by atoms with Gasteiger partial charge in [-0.15, -0.1) is 0 Å². The van der Waals surface area contributed by atoms with Crippen molar-refractivity contribution in [2.24, 2.45) is 0 Å². The van der Waals surface area contributed by atoms with Crippen LogP contribution in [-0.2, 0) is 0 Å². The van der Waals surface area contributed by atoms with Crippen LogP contribution in [0.4, 0.5) is 0 Å². The van der Waals surface area contributed by atoms with E-state index in [2.05, 4.69) is 127 Å². The first-order chi connectivity index (χ1) is 28.7. The molecule has 0 saturated carbocycles. The molecule has 5 heteroatoms. The van der Waals surface area contributed by atoms with E-state index in [0.717, 1.165) is 116 Å². The van der Waals surface area contributed by atoms with E-state index >= 15 is 0 Å². The summed E-state index contributed by atoms with van der Waals surface area (Å²) in [4.78, 5) is 15.6. The van der Waals surface area contributed by atoms with Crippen molar-refractivity contribution in [3.05, 3.63) is 188 Å². The lowest BCUT2D eigenvalue weighted by atomic mass is 9.94. The van der Waals surface area contributed by atoms with Gasteiger partial charge in [-0.25, -0.2) is 15.0 Å². The van der Waals surface area contributed by atoms with Crippen molar-refractivity contribution in [3.63, 3.8) is 0 Å². The molecule has 0 radical (unpaired) electrons. The molecular formula is C53H31N3O2. The zero-order chi connectivity index (χ0) is 38.2. The van der Waals surface area contributed by atoms with Crippen LogP contribution >= 0.6 is 0 Å². The number of hydrogen-bond acceptors (Lipinski definition) is 5. The first-order valence-electron chi connectivity index (χ1n) is 19.4. The summed E-state index contributed by atoms with van der Waals surface area (Å²) in [6.07, 6.45) is 0. The summed E-state index contributed by atoms with van der Waals surface area (Å²) in [5.41, 5.74) is 13.2. The fraction of sp³-hybridized carbons (Fsp3) is 0. The van der Waals surface area contributed by atoms with E-state index in [9.17, 15) is 0 Å². The second-order valence-corrected chi connectivity index (χ2v) is 14.7. The lowest BCUT2D eigenvalue weighted by Gasteiger charge is -2.13. The monoisotopic (exact) mass is 741 g/mol. The van der Waals surface area contributed by atoms with Crippen LogP contribution in [0.2, 0.25) is 0 Å². The molecule has 58 heavy (non-hydrogen) atoms. The maximum absolute atomic E-state index is 6.36. The lowest BCUT2D eigenvalue weighted by molar-refractivity contribution is 0.668. The Bertz CT molecular complexity index is 3550. The van der Waals surface area contributed by atoms with Gasteiger partial charge >= 0.3 is 0 Å². The van der Waals surface area contributed by atoms with Crippen molar-refractivity contribution < 1.29 is 8.83 Å². The van der Waals surface area contributed by atoms with E-state index in [1.165, 1.54) is 0 Å². The first kappa shape index (κ1) is 32.4. The molecule has 8 aromatic carbocycles. The topological polar surface area (TPSA) is 65.0 Å². The van der Waals surface area contributed by atoms with Crippen molar-refractivity contribution in [2.75, 3.05) is 0 Å². The van der Waals surface area contributed by atoms with Gasteiger partial charge in [-0.1, -0.05) is 140 Å². The van der Waals surface area contributed by atoms with E-state index in [0.29, 0.717) is 5.82 Å². The van der Waals surface area contributed by atoms with Crippen molar-refractivity contribution in [1.82, 2.24) is 15.0 Å². The highest BCUT2D eigenvalue weighted by Gasteiger charge is 2.18. The van der Waals surface area contributed by atoms with Gasteiger partial charge in [0.1, 0.15) is 22.3 Å². The molecule has 12 aromatic rings. The number of pyridine rings is 1. The minimum absolute atomic E-state index is 0.643. The van der Waals surface area contributed by atoms with Crippen LogP contribution in [0, 0.1) is 0 Å². The minimum atomic E-state index is 0.643. The smallest absolute Gasteiger partial charge is 0.160 e. The molecule has 0 fully saturated rings. The molecule has 0 amide bonds. The summed E-state index contributed by atoms with van der Waals surface area (Å²) < 4.78 is 12.6. The predicted octanol–water partition coefficient (Wildman–Crippen LogP) is 14.3. The molecule has 0 aliphatic rings. The third-order valence-corrected chi connectivity index (χ3v) is 11.3. The number of hydrogen-bond donors (Lipinski definition) is 0. The summed E-state index contributed by atoms with van der Waals surface area (Å²) in [6.45, 7) is 0. The van der Waals surface area contributed by atoms with Gasteiger partial charge in [-0.05, 0) is 59.7 Å². The Labute approximate surface area is 332 Å². The number of nitrogens with zero attached hydrogens (tertiary/aromatic N) is 3. The number of fused-ring (bicyclic) bond motifs is 10. The van der Waals surface area contributed by atoms with Crippen molar-refractivity contribution in [1.29, 1.82) is 0 Å². The standard InChI is InChI=1S/C53H31N3O2/c1-3-11-33(12-4-1)43-31-44(56-53(55-43)37-24-25-39-38-15-7-9-17-46(38)58-49(39)30-37)34-21-19-32(20-22-34)36-23-26-40-45(29-36)54-52(35-13-5-2-6-14-35)42-27-28-48-51(50(40)42)41-16-8-10-18-47(41)57-48/h1-31H. The molecule has 0 unspecified atom stereocenters. The van der Waals surface area contributed by atoms with E-state index in [4.69, 9.17) is 23.8 Å². The summed E-state index contributed by atoms with van der Waals surface area (Å²) in [6, 6.07) is 64.9. The molecule has 0 aliphatic heterocycles. The number of para-hydroxylation sites is 2. The summed E-state index contributed by atoms with van der Waals surface area (Å²) in [7, 11) is 0. The van der Waals surface area contributed by atoms with Gasteiger partial charge in [-0.3, -0.25) is 0 Å². The Balaban J connectivity index is 0.981. The first-order valence-corrected chi connectivity index (χ1v) is 19.4. The Morgan fingerprint density at radius 3 is 1.62 bits per heavy atom. The van der Waals surface area contributed by atoms with Crippen molar-refractivity contribution >= 4 is 65.6 Å². The quantitative estimate of drug-likeness (QED) is 0.164. The van der Waals surface area contributed by atoms with Crippen LogP contribution in [-0.4, -0.2) is 15.0 Å². The highest BCUT2D eigenvalue weighted by atomic mass is 16.3. The second kappa shape index (κ2) is 12.8. The maximum Gasteiger partial charge on any atom is 0.160 e. The van der Waals surface area contributed by atoms with Gasteiger partial charge in [0.25, 0.3) is 0 Å². The van der Waals surface area contributed by atoms with Crippen LogP contribution < -0.4 is 0 Å². The summed E-state index contributed by atoms with van der Waals surface area (Å²) in [5, 5.41) is 7.74. The average Bonchev–Trinajstić information content (AvgIpc) is 3.87. The molecule has 4 heterocycles. The van der Waals surface area contributed by atoms with E-state index in [-0.39, 0.29) is 0 Å². The zero-order valence-electron chi connectivity index (χ0n) is 31.1. The highest BCUT2D eigenvalue weighted by Crippen LogP contribution is 2.42. The van der Waals surface area contributed by atoms with Gasteiger partial charge in [0, 0.05) is 60.0 Å². The Hall–Kier alpha value is -7.89. The van der Waals surface area contributed by atoms with E-state index < -0.39 is 0 Å². The van der Waals surface area contributed by atoms with Gasteiger partial charge in [0.2, 0.25) is 0 Å². The highest BCUT2D eigenvalue weighted by molar-refractivity contribution is 6.28. The molecule has 0 atom stereocenters. The summed E-state index contributed by atoms with van der Waals surface area (Å²) >= 11 is 0. The van der Waals surface area contributed by atoms with E-state index in [1.54, 1.807) is 0 Å². The molecule has 0 N–H and O–H groups in total. The molecule has 270 valence electrons. The number of benzene rings is 8. The predicted molar refractivity (Wildman–Crippen MR) is 237 cm³/mol. The second-order valence-electron chi connectivity index (χ2n) is 14.7. The Kier molecular flexibility index (Phi) is 7.16. The largest absolute Gasteiger partial charge is 0.456 e. The molecular weight excluding hydrogens is 711 g/mol. The minimum Gasteiger partial charge on any atom is -0.456 e. The van der Waals surface area contributed by atoms with Gasteiger partial charge in [0.05, 0.1) is 22.6 Å².